The minimum Gasteiger partial charge on any atom is -0.497 e. The minimum atomic E-state index is -1.08. The Hall–Kier alpha value is -3.16. The second-order valence-corrected chi connectivity index (χ2v) is 6.18. The smallest absolute Gasteiger partial charge is 0.308 e. The molecule has 0 aliphatic heterocycles. The van der Waals surface area contributed by atoms with Crippen molar-refractivity contribution in [1.29, 1.82) is 0 Å². The first kappa shape index (κ1) is 22.1. The fraction of sp³-hybridized carbons (Fsp3) is 0.333. The number of amides is 1. The number of ether oxygens (including phenoxy) is 3. The Bertz CT molecular complexity index is 859. The van der Waals surface area contributed by atoms with Crippen LogP contribution in [-0.4, -0.2) is 31.7 Å². The van der Waals surface area contributed by atoms with Gasteiger partial charge in [-0.05, 0) is 43.7 Å². The van der Waals surface area contributed by atoms with Gasteiger partial charge in [0.15, 0.2) is 17.7 Å². The standard InChI is InChI=1S/C21H23F2NO5/c1-4-28-20(25)12-19(14-6-5-7-15(10-14)27-3)24-21(26)13(2)29-16-8-9-17(22)18(23)11-16/h5-11,13,19H,4,12H2,1-3H3,(H,24,26). The van der Waals surface area contributed by atoms with Crippen LogP contribution in [0.3, 0.4) is 0 Å². The number of carbonyl (C=O) groups excluding carboxylic acids is 2. The summed E-state index contributed by atoms with van der Waals surface area (Å²) in [5.74, 6) is -2.53. The zero-order valence-electron chi connectivity index (χ0n) is 16.4. The van der Waals surface area contributed by atoms with Gasteiger partial charge in [-0.1, -0.05) is 12.1 Å². The Labute approximate surface area is 167 Å². The van der Waals surface area contributed by atoms with Gasteiger partial charge in [-0.15, -0.1) is 0 Å². The van der Waals surface area contributed by atoms with E-state index in [2.05, 4.69) is 5.32 Å². The molecule has 29 heavy (non-hydrogen) atoms. The maximum absolute atomic E-state index is 13.3. The topological polar surface area (TPSA) is 73.9 Å². The molecule has 6 nitrogen and oxygen atoms in total. The largest absolute Gasteiger partial charge is 0.497 e. The molecule has 0 saturated carbocycles. The number of halogens is 2. The lowest BCUT2D eigenvalue weighted by atomic mass is 10.0. The summed E-state index contributed by atoms with van der Waals surface area (Å²) in [6.45, 7) is 3.37. The first-order valence-corrected chi connectivity index (χ1v) is 9.05. The molecule has 0 radical (unpaired) electrons. The highest BCUT2D eigenvalue weighted by atomic mass is 19.2. The van der Waals surface area contributed by atoms with Crippen molar-refractivity contribution in [2.75, 3.05) is 13.7 Å². The molecule has 156 valence electrons. The molecule has 0 aliphatic carbocycles. The quantitative estimate of drug-likeness (QED) is 0.644. The summed E-state index contributed by atoms with van der Waals surface area (Å²) < 4.78 is 41.9. The molecule has 2 aromatic carbocycles. The second kappa shape index (κ2) is 10.4. The maximum Gasteiger partial charge on any atom is 0.308 e. The van der Waals surface area contributed by atoms with Gasteiger partial charge >= 0.3 is 5.97 Å². The fourth-order valence-corrected chi connectivity index (χ4v) is 2.59. The molecule has 2 atom stereocenters. The predicted molar refractivity (Wildman–Crippen MR) is 102 cm³/mol. The van der Waals surface area contributed by atoms with E-state index in [-0.39, 0.29) is 18.8 Å². The summed E-state index contributed by atoms with van der Waals surface area (Å²) in [7, 11) is 1.51. The molecular weight excluding hydrogens is 384 g/mol. The molecule has 0 aliphatic rings. The molecule has 2 aromatic rings. The first-order chi connectivity index (χ1) is 13.8. The van der Waals surface area contributed by atoms with Crippen LogP contribution < -0.4 is 14.8 Å². The highest BCUT2D eigenvalue weighted by Gasteiger charge is 2.24. The van der Waals surface area contributed by atoms with Crippen molar-refractivity contribution >= 4 is 11.9 Å². The van der Waals surface area contributed by atoms with E-state index in [0.717, 1.165) is 12.1 Å². The molecule has 1 N–H and O–H groups in total. The van der Waals surface area contributed by atoms with Gasteiger partial charge in [0, 0.05) is 6.07 Å². The van der Waals surface area contributed by atoms with Gasteiger partial charge in [0.2, 0.25) is 0 Å². The molecule has 1 amide bonds. The Morgan fingerprint density at radius 3 is 2.48 bits per heavy atom. The lowest BCUT2D eigenvalue weighted by Crippen LogP contribution is -2.39. The summed E-state index contributed by atoms with van der Waals surface area (Å²) in [6, 6.07) is 9.22. The van der Waals surface area contributed by atoms with Crippen molar-refractivity contribution in [3.63, 3.8) is 0 Å². The van der Waals surface area contributed by atoms with Crippen LogP contribution in [0.5, 0.6) is 11.5 Å². The van der Waals surface area contributed by atoms with Gasteiger partial charge in [0.05, 0.1) is 26.2 Å². The zero-order chi connectivity index (χ0) is 21.4. The summed E-state index contributed by atoms with van der Waals surface area (Å²) in [5, 5.41) is 2.73. The Morgan fingerprint density at radius 2 is 1.83 bits per heavy atom. The van der Waals surface area contributed by atoms with Crippen molar-refractivity contribution in [3.8, 4) is 11.5 Å². The van der Waals surface area contributed by atoms with Crippen molar-refractivity contribution in [2.45, 2.75) is 32.4 Å². The van der Waals surface area contributed by atoms with E-state index in [0.29, 0.717) is 11.3 Å². The van der Waals surface area contributed by atoms with Crippen molar-refractivity contribution < 1.29 is 32.6 Å². The van der Waals surface area contributed by atoms with Gasteiger partial charge in [0.1, 0.15) is 11.5 Å². The van der Waals surface area contributed by atoms with Gasteiger partial charge in [0.25, 0.3) is 5.91 Å². The average Bonchev–Trinajstić information content (AvgIpc) is 2.70. The van der Waals surface area contributed by atoms with E-state index in [4.69, 9.17) is 14.2 Å². The number of benzene rings is 2. The third-order valence-corrected chi connectivity index (χ3v) is 4.06. The minimum absolute atomic E-state index is 0.00914. The number of esters is 1. The summed E-state index contributed by atoms with van der Waals surface area (Å²) in [4.78, 5) is 24.6. The molecule has 0 heterocycles. The molecular formula is C21H23F2NO5. The van der Waals surface area contributed by atoms with Crippen LogP contribution in [0.2, 0.25) is 0 Å². The molecule has 2 unspecified atom stereocenters. The van der Waals surface area contributed by atoms with Crippen molar-refractivity contribution in [2.24, 2.45) is 0 Å². The van der Waals surface area contributed by atoms with Crippen LogP contribution in [0.1, 0.15) is 31.9 Å². The number of rotatable bonds is 9. The number of carbonyl (C=O) groups is 2. The van der Waals surface area contributed by atoms with Gasteiger partial charge in [-0.25, -0.2) is 8.78 Å². The summed E-state index contributed by atoms with van der Waals surface area (Å²) >= 11 is 0. The maximum atomic E-state index is 13.3. The molecule has 8 heteroatoms. The Kier molecular flexibility index (Phi) is 7.94. The van der Waals surface area contributed by atoms with Crippen molar-refractivity contribution in [3.05, 3.63) is 59.7 Å². The lowest BCUT2D eigenvalue weighted by molar-refractivity contribution is -0.144. The third kappa shape index (κ3) is 6.44. The Morgan fingerprint density at radius 1 is 1.07 bits per heavy atom. The summed E-state index contributed by atoms with van der Waals surface area (Å²) in [6.07, 6.45) is -1.11. The van der Waals surface area contributed by atoms with Crippen molar-refractivity contribution in [1.82, 2.24) is 5.32 Å². The van der Waals surface area contributed by atoms with Crippen LogP contribution in [0.25, 0.3) is 0 Å². The molecule has 0 bridgehead atoms. The van der Waals surface area contributed by atoms with E-state index in [1.54, 1.807) is 31.2 Å². The van der Waals surface area contributed by atoms with E-state index < -0.39 is 35.7 Å². The molecule has 2 rings (SSSR count). The number of methoxy groups -OCH3 is 1. The Balaban J connectivity index is 2.13. The van der Waals surface area contributed by atoms with Crippen LogP contribution in [0, 0.1) is 11.6 Å². The fourth-order valence-electron chi connectivity index (χ4n) is 2.59. The third-order valence-electron chi connectivity index (χ3n) is 4.06. The van der Waals surface area contributed by atoms with E-state index in [1.807, 2.05) is 0 Å². The van der Waals surface area contributed by atoms with E-state index >= 15 is 0 Å². The molecule has 0 spiro atoms. The SMILES string of the molecule is CCOC(=O)CC(NC(=O)C(C)Oc1ccc(F)c(F)c1)c1cccc(OC)c1. The second-order valence-electron chi connectivity index (χ2n) is 6.18. The van der Waals surface area contributed by atoms with Crippen LogP contribution in [0.15, 0.2) is 42.5 Å². The zero-order valence-corrected chi connectivity index (χ0v) is 16.4. The van der Waals surface area contributed by atoms with E-state index in [9.17, 15) is 18.4 Å². The molecule has 0 saturated heterocycles. The first-order valence-electron chi connectivity index (χ1n) is 9.05. The average molecular weight is 407 g/mol. The highest BCUT2D eigenvalue weighted by molar-refractivity contribution is 5.82. The normalized spacial score (nSPS) is 12.6. The molecule has 0 aromatic heterocycles. The highest BCUT2D eigenvalue weighted by Crippen LogP contribution is 2.23. The van der Waals surface area contributed by atoms with Gasteiger partial charge < -0.3 is 19.5 Å². The number of nitrogens with one attached hydrogen (secondary N) is 1. The van der Waals surface area contributed by atoms with Gasteiger partial charge in [-0.2, -0.15) is 0 Å². The predicted octanol–water partition coefficient (Wildman–Crippen LogP) is 3.55. The van der Waals surface area contributed by atoms with Crippen LogP contribution >= 0.6 is 0 Å². The summed E-state index contributed by atoms with van der Waals surface area (Å²) in [5.41, 5.74) is 0.644. The lowest BCUT2D eigenvalue weighted by Gasteiger charge is -2.22. The number of hydrogen-bond donors (Lipinski definition) is 1. The van der Waals surface area contributed by atoms with E-state index in [1.165, 1.54) is 20.1 Å². The number of hydrogen-bond acceptors (Lipinski definition) is 5. The van der Waals surface area contributed by atoms with Crippen LogP contribution in [-0.2, 0) is 14.3 Å². The van der Waals surface area contributed by atoms with Gasteiger partial charge in [-0.3, -0.25) is 9.59 Å². The monoisotopic (exact) mass is 407 g/mol. The molecule has 0 fully saturated rings. The van der Waals surface area contributed by atoms with Crippen LogP contribution in [0.4, 0.5) is 8.78 Å².